The Hall–Kier alpha value is -2.16. The molecule has 1 heterocycles. The summed E-state index contributed by atoms with van der Waals surface area (Å²) in [5, 5.41) is 22.1. The minimum Gasteiger partial charge on any atom is -0.312 e. The van der Waals surface area contributed by atoms with Gasteiger partial charge in [0.25, 0.3) is 5.91 Å². The second-order valence-corrected chi connectivity index (χ2v) is 8.06. The molecule has 4 nitrogen and oxygen atoms in total. The van der Waals surface area contributed by atoms with Crippen LogP contribution in [0.4, 0.5) is 5.00 Å². The lowest BCUT2D eigenvalue weighted by molar-refractivity contribution is -0.112. The van der Waals surface area contributed by atoms with Crippen LogP contribution < -0.4 is 5.32 Å². The van der Waals surface area contributed by atoms with Gasteiger partial charge in [-0.05, 0) is 77.6 Å². The number of carbonyl (C=O) groups excluding carboxylic acids is 1. The minimum absolute atomic E-state index is 0.0252. The maximum atomic E-state index is 12.5. The van der Waals surface area contributed by atoms with Crippen molar-refractivity contribution in [2.45, 2.75) is 25.7 Å². The van der Waals surface area contributed by atoms with Gasteiger partial charge in [0.2, 0.25) is 0 Å². The van der Waals surface area contributed by atoms with Gasteiger partial charge < -0.3 is 5.32 Å². The number of nitriles is 2. The van der Waals surface area contributed by atoms with Crippen molar-refractivity contribution in [3.05, 3.63) is 55.0 Å². The molecule has 1 aliphatic carbocycles. The number of hydrogen-bond acceptors (Lipinski definition) is 4. The summed E-state index contributed by atoms with van der Waals surface area (Å²) in [4.78, 5) is 13.7. The van der Waals surface area contributed by atoms with Gasteiger partial charge >= 0.3 is 0 Å². The van der Waals surface area contributed by atoms with E-state index in [9.17, 15) is 15.3 Å². The summed E-state index contributed by atoms with van der Waals surface area (Å²) < 4.78 is 1.03. The maximum absolute atomic E-state index is 12.5. The van der Waals surface area contributed by atoms with Crippen LogP contribution in [0.2, 0.25) is 0 Å². The van der Waals surface area contributed by atoms with E-state index in [0.717, 1.165) is 40.4 Å². The molecule has 1 amide bonds. The lowest BCUT2D eigenvalue weighted by atomic mass is 9.96. The summed E-state index contributed by atoms with van der Waals surface area (Å²) >= 11 is 3.64. The van der Waals surface area contributed by atoms with Crippen LogP contribution in [0.1, 0.15) is 34.4 Å². The Morgan fingerprint density at radius 1 is 1.28 bits per heavy atom. The van der Waals surface area contributed by atoms with Crippen molar-refractivity contribution in [3.8, 4) is 12.1 Å². The molecule has 0 unspecified atom stereocenters. The zero-order chi connectivity index (χ0) is 17.8. The Labute approximate surface area is 163 Å². The largest absolute Gasteiger partial charge is 0.312 e. The average Bonchev–Trinajstić information content (AvgIpc) is 2.96. The number of rotatable bonds is 3. The second-order valence-electron chi connectivity index (χ2n) is 5.71. The average molecular weight is 459 g/mol. The number of hydrogen-bond donors (Lipinski definition) is 1. The number of aryl methyl sites for hydroxylation is 1. The zero-order valence-corrected chi connectivity index (χ0v) is 16.3. The molecule has 0 spiro atoms. The first-order chi connectivity index (χ1) is 12.1. The van der Waals surface area contributed by atoms with Crippen LogP contribution >= 0.6 is 33.9 Å². The summed E-state index contributed by atoms with van der Waals surface area (Å²) in [7, 11) is 0. The van der Waals surface area contributed by atoms with Crippen molar-refractivity contribution in [2.24, 2.45) is 0 Å². The van der Waals surface area contributed by atoms with Gasteiger partial charge in [-0.3, -0.25) is 4.79 Å². The van der Waals surface area contributed by atoms with Crippen molar-refractivity contribution < 1.29 is 4.79 Å². The highest BCUT2D eigenvalue weighted by Crippen LogP contribution is 2.37. The van der Waals surface area contributed by atoms with Crippen molar-refractivity contribution in [1.82, 2.24) is 0 Å². The number of halogens is 1. The fourth-order valence-electron chi connectivity index (χ4n) is 2.85. The number of amides is 1. The van der Waals surface area contributed by atoms with E-state index < -0.39 is 5.91 Å². The summed E-state index contributed by atoms with van der Waals surface area (Å²) in [6.07, 6.45) is 5.59. The number of fused-ring (bicyclic) bond motifs is 1. The number of nitrogens with one attached hydrogen (secondary N) is 1. The molecule has 0 fully saturated rings. The molecule has 1 aromatic carbocycles. The smallest absolute Gasteiger partial charge is 0.266 e. The maximum Gasteiger partial charge on any atom is 0.266 e. The first-order valence-electron chi connectivity index (χ1n) is 7.85. The summed E-state index contributed by atoms with van der Waals surface area (Å²) in [6.45, 7) is 0. The molecule has 3 rings (SSSR count). The van der Waals surface area contributed by atoms with E-state index in [4.69, 9.17) is 0 Å². The SMILES string of the molecule is N#C/C(=C\c1cccc(I)c1)C(=O)Nc1sc2c(c1C#N)CCCC2. The van der Waals surface area contributed by atoms with Crippen LogP contribution in [-0.4, -0.2) is 5.91 Å². The third-order valence-electron chi connectivity index (χ3n) is 4.03. The Balaban J connectivity index is 1.88. The predicted octanol–water partition coefficient (Wildman–Crippen LogP) is 4.65. The van der Waals surface area contributed by atoms with Crippen molar-refractivity contribution in [2.75, 3.05) is 5.32 Å². The first-order valence-corrected chi connectivity index (χ1v) is 9.75. The first kappa shape index (κ1) is 17.7. The third-order valence-corrected chi connectivity index (χ3v) is 5.91. The Bertz CT molecular complexity index is 947. The normalized spacial score (nSPS) is 13.5. The van der Waals surface area contributed by atoms with Gasteiger partial charge in [0.1, 0.15) is 22.7 Å². The van der Waals surface area contributed by atoms with Crippen molar-refractivity contribution in [1.29, 1.82) is 10.5 Å². The van der Waals surface area contributed by atoms with Crippen LogP contribution in [0.3, 0.4) is 0 Å². The molecule has 0 radical (unpaired) electrons. The quantitative estimate of drug-likeness (QED) is 0.413. The van der Waals surface area contributed by atoms with E-state index >= 15 is 0 Å². The topological polar surface area (TPSA) is 76.7 Å². The standard InChI is InChI=1S/C19H14IN3OS/c20-14-5-3-4-12(9-14)8-13(10-21)18(24)23-19-16(11-22)15-6-1-2-7-17(15)25-19/h3-5,8-9H,1-2,6-7H2,(H,23,24)/b13-8+. The molecule has 124 valence electrons. The van der Waals surface area contributed by atoms with E-state index in [1.54, 1.807) is 6.08 Å². The molecule has 0 saturated carbocycles. The molecule has 1 N–H and O–H groups in total. The van der Waals surface area contributed by atoms with Gasteiger partial charge in [-0.1, -0.05) is 12.1 Å². The number of anilines is 1. The summed E-state index contributed by atoms with van der Waals surface area (Å²) in [5.41, 5.74) is 2.44. The molecular formula is C19H14IN3OS. The monoisotopic (exact) mass is 459 g/mol. The van der Waals surface area contributed by atoms with E-state index in [1.165, 1.54) is 16.2 Å². The van der Waals surface area contributed by atoms with Crippen molar-refractivity contribution >= 4 is 50.9 Å². The van der Waals surface area contributed by atoms with Gasteiger partial charge in [0.05, 0.1) is 5.56 Å². The fourth-order valence-corrected chi connectivity index (χ4v) is 4.66. The number of nitrogens with zero attached hydrogens (tertiary/aromatic N) is 2. The van der Waals surface area contributed by atoms with Crippen LogP contribution in [0.5, 0.6) is 0 Å². The zero-order valence-electron chi connectivity index (χ0n) is 13.3. The van der Waals surface area contributed by atoms with Crippen molar-refractivity contribution in [3.63, 3.8) is 0 Å². The number of benzene rings is 1. The Morgan fingerprint density at radius 3 is 2.80 bits per heavy atom. The highest BCUT2D eigenvalue weighted by atomic mass is 127. The predicted molar refractivity (Wildman–Crippen MR) is 107 cm³/mol. The molecule has 0 saturated heterocycles. The summed E-state index contributed by atoms with van der Waals surface area (Å²) in [6, 6.07) is 11.7. The fraction of sp³-hybridized carbons (Fsp3) is 0.211. The molecule has 0 aliphatic heterocycles. The Morgan fingerprint density at radius 2 is 2.08 bits per heavy atom. The lowest BCUT2D eigenvalue weighted by Gasteiger charge is -2.09. The van der Waals surface area contributed by atoms with E-state index in [1.807, 2.05) is 30.3 Å². The van der Waals surface area contributed by atoms with Crippen LogP contribution in [0, 0.1) is 26.2 Å². The molecule has 2 aromatic rings. The molecule has 0 bridgehead atoms. The molecule has 1 aromatic heterocycles. The van der Waals surface area contributed by atoms with Gasteiger partial charge in [-0.2, -0.15) is 10.5 Å². The molecule has 1 aliphatic rings. The molecule has 6 heteroatoms. The Kier molecular flexibility index (Phi) is 5.52. The van der Waals surface area contributed by atoms with Crippen LogP contribution in [-0.2, 0) is 17.6 Å². The molecular weight excluding hydrogens is 445 g/mol. The van der Waals surface area contributed by atoms with E-state index in [0.29, 0.717) is 10.6 Å². The highest BCUT2D eigenvalue weighted by Gasteiger charge is 2.22. The van der Waals surface area contributed by atoms with Gasteiger partial charge in [-0.15, -0.1) is 11.3 Å². The minimum atomic E-state index is -0.476. The number of carbonyl (C=O) groups is 1. The van der Waals surface area contributed by atoms with Crippen LogP contribution in [0.25, 0.3) is 6.08 Å². The van der Waals surface area contributed by atoms with Crippen LogP contribution in [0.15, 0.2) is 29.8 Å². The lowest BCUT2D eigenvalue weighted by Crippen LogP contribution is -2.13. The second kappa shape index (κ2) is 7.81. The highest BCUT2D eigenvalue weighted by molar-refractivity contribution is 14.1. The van der Waals surface area contributed by atoms with Gasteiger partial charge in [0, 0.05) is 8.45 Å². The van der Waals surface area contributed by atoms with Gasteiger partial charge in [0.15, 0.2) is 0 Å². The molecule has 25 heavy (non-hydrogen) atoms. The van der Waals surface area contributed by atoms with Gasteiger partial charge in [-0.25, -0.2) is 0 Å². The van der Waals surface area contributed by atoms with E-state index in [-0.39, 0.29) is 5.57 Å². The van der Waals surface area contributed by atoms with E-state index in [2.05, 4.69) is 34.0 Å². The summed E-state index contributed by atoms with van der Waals surface area (Å²) in [5.74, 6) is -0.476. The number of thiophene rings is 1. The third kappa shape index (κ3) is 3.92. The molecule has 0 atom stereocenters.